The van der Waals surface area contributed by atoms with Gasteiger partial charge in [0.15, 0.2) is 0 Å². The van der Waals surface area contributed by atoms with Crippen molar-refractivity contribution >= 4 is 11.9 Å². The molecule has 0 aromatic heterocycles. The zero-order chi connectivity index (χ0) is 12.1. The van der Waals surface area contributed by atoms with Gasteiger partial charge in [-0.05, 0) is 0 Å². The van der Waals surface area contributed by atoms with Gasteiger partial charge < -0.3 is 15.4 Å². The summed E-state index contributed by atoms with van der Waals surface area (Å²) in [5, 5.41) is 0. The van der Waals surface area contributed by atoms with Crippen molar-refractivity contribution in [2.75, 3.05) is 39.8 Å². The van der Waals surface area contributed by atoms with Crippen molar-refractivity contribution in [3.63, 3.8) is 0 Å². The number of amides is 1. The first-order valence-corrected chi connectivity index (χ1v) is 5.37. The van der Waals surface area contributed by atoms with Gasteiger partial charge in [-0.1, -0.05) is 0 Å². The summed E-state index contributed by atoms with van der Waals surface area (Å²) in [7, 11) is 1.34. The number of rotatable bonds is 3. The molecule has 1 aliphatic rings. The van der Waals surface area contributed by atoms with Gasteiger partial charge in [-0.15, -0.1) is 0 Å². The van der Waals surface area contributed by atoms with Gasteiger partial charge in [0, 0.05) is 39.6 Å². The van der Waals surface area contributed by atoms with Gasteiger partial charge >= 0.3 is 5.97 Å². The maximum absolute atomic E-state index is 11.6. The Balaban J connectivity index is 2.69. The van der Waals surface area contributed by atoms with Gasteiger partial charge in [-0.25, -0.2) is 4.79 Å². The van der Waals surface area contributed by atoms with Crippen LogP contribution in [0.3, 0.4) is 0 Å². The summed E-state index contributed by atoms with van der Waals surface area (Å²) in [6.07, 6.45) is 0. The molecule has 0 aliphatic carbocycles. The number of esters is 1. The van der Waals surface area contributed by atoms with E-state index in [1.165, 1.54) is 14.0 Å². The van der Waals surface area contributed by atoms with E-state index in [2.05, 4.69) is 4.90 Å². The summed E-state index contributed by atoms with van der Waals surface area (Å²) in [5.41, 5.74) is 5.47. The molecule has 0 unspecified atom stereocenters. The van der Waals surface area contributed by atoms with E-state index in [0.717, 1.165) is 13.1 Å². The molecule has 0 bridgehead atoms. The van der Waals surface area contributed by atoms with E-state index in [4.69, 9.17) is 10.5 Å². The molecule has 92 valence electrons. The van der Waals surface area contributed by atoms with E-state index in [9.17, 15) is 9.59 Å². The first-order valence-electron chi connectivity index (χ1n) is 5.37. The molecule has 1 aliphatic heterocycles. The molecular formula is C10H19N3O3. The zero-order valence-corrected chi connectivity index (χ0v) is 9.81. The Morgan fingerprint density at radius 2 is 2.12 bits per heavy atom. The minimum absolute atomic E-state index is 0.0946. The molecule has 1 heterocycles. The van der Waals surface area contributed by atoms with E-state index in [1.807, 2.05) is 0 Å². The van der Waals surface area contributed by atoms with Crippen LogP contribution in [0.15, 0.2) is 0 Å². The molecule has 0 saturated carbocycles. The quantitative estimate of drug-likeness (QED) is 0.606. The third kappa shape index (κ3) is 2.93. The molecule has 1 fully saturated rings. The highest BCUT2D eigenvalue weighted by Crippen LogP contribution is 2.11. The van der Waals surface area contributed by atoms with Gasteiger partial charge in [-0.3, -0.25) is 9.69 Å². The Morgan fingerprint density at radius 1 is 1.44 bits per heavy atom. The lowest BCUT2D eigenvalue weighted by Crippen LogP contribution is -2.58. The number of hydrogen-bond acceptors (Lipinski definition) is 5. The van der Waals surface area contributed by atoms with Crippen LogP contribution in [0.1, 0.15) is 6.92 Å². The Hall–Kier alpha value is -1.14. The van der Waals surface area contributed by atoms with Crippen LogP contribution >= 0.6 is 0 Å². The van der Waals surface area contributed by atoms with Crippen molar-refractivity contribution in [1.82, 2.24) is 9.80 Å². The van der Waals surface area contributed by atoms with Crippen LogP contribution < -0.4 is 5.73 Å². The smallest absolute Gasteiger partial charge is 0.329 e. The molecule has 0 aromatic rings. The minimum Gasteiger partial charge on any atom is -0.467 e. The zero-order valence-electron chi connectivity index (χ0n) is 9.81. The second-order valence-electron chi connectivity index (χ2n) is 3.84. The monoisotopic (exact) mass is 229 g/mol. The number of hydrogen-bond donors (Lipinski definition) is 1. The first-order chi connectivity index (χ1) is 7.60. The Morgan fingerprint density at radius 3 is 2.62 bits per heavy atom. The van der Waals surface area contributed by atoms with Crippen molar-refractivity contribution in [3.05, 3.63) is 0 Å². The largest absolute Gasteiger partial charge is 0.467 e. The normalized spacial score (nSPS) is 21.9. The Kier molecular flexibility index (Phi) is 4.70. The maximum Gasteiger partial charge on any atom is 0.329 e. The predicted molar refractivity (Wildman–Crippen MR) is 58.7 cm³/mol. The van der Waals surface area contributed by atoms with Crippen LogP contribution in [0.4, 0.5) is 0 Å². The summed E-state index contributed by atoms with van der Waals surface area (Å²) in [5.74, 6) is -0.459. The van der Waals surface area contributed by atoms with Crippen LogP contribution in [0.25, 0.3) is 0 Å². The summed E-state index contributed by atoms with van der Waals surface area (Å²) < 4.78 is 4.71. The number of carbonyl (C=O) groups excluding carboxylic acids is 2. The maximum atomic E-state index is 11.6. The third-order valence-corrected chi connectivity index (χ3v) is 2.79. The lowest BCUT2D eigenvalue weighted by atomic mass is 10.1. The highest BCUT2D eigenvalue weighted by Gasteiger charge is 2.34. The molecule has 1 rings (SSSR count). The molecule has 2 N–H and O–H groups in total. The highest BCUT2D eigenvalue weighted by molar-refractivity contribution is 5.83. The van der Waals surface area contributed by atoms with Crippen LogP contribution in [0, 0.1) is 0 Å². The molecule has 1 saturated heterocycles. The van der Waals surface area contributed by atoms with Crippen LogP contribution in [0.2, 0.25) is 0 Å². The van der Waals surface area contributed by atoms with Crippen LogP contribution in [-0.4, -0.2) is 67.6 Å². The molecule has 16 heavy (non-hydrogen) atoms. The summed E-state index contributed by atoms with van der Waals surface area (Å²) >= 11 is 0. The second-order valence-corrected chi connectivity index (χ2v) is 3.84. The number of nitrogens with two attached hydrogens (primary N) is 1. The van der Waals surface area contributed by atoms with E-state index >= 15 is 0 Å². The van der Waals surface area contributed by atoms with Crippen molar-refractivity contribution in [1.29, 1.82) is 0 Å². The van der Waals surface area contributed by atoms with Crippen molar-refractivity contribution in [3.8, 4) is 0 Å². The van der Waals surface area contributed by atoms with Gasteiger partial charge in [0.05, 0.1) is 7.11 Å². The Labute approximate surface area is 95.3 Å². The van der Waals surface area contributed by atoms with Gasteiger partial charge in [0.2, 0.25) is 5.91 Å². The van der Waals surface area contributed by atoms with Gasteiger partial charge in [0.25, 0.3) is 0 Å². The van der Waals surface area contributed by atoms with Crippen LogP contribution in [-0.2, 0) is 14.3 Å². The highest BCUT2D eigenvalue weighted by atomic mass is 16.5. The van der Waals surface area contributed by atoms with Gasteiger partial charge in [-0.2, -0.15) is 0 Å². The number of ether oxygens (including phenoxy) is 1. The number of piperazine rings is 1. The summed E-state index contributed by atoms with van der Waals surface area (Å²) in [6.45, 7) is 4.56. The lowest BCUT2D eigenvalue weighted by molar-refractivity contribution is -0.155. The number of carbonyl (C=O) groups is 2. The number of nitrogens with zero attached hydrogens (tertiary/aromatic N) is 2. The second kappa shape index (κ2) is 5.81. The molecule has 6 nitrogen and oxygen atoms in total. The topological polar surface area (TPSA) is 75.9 Å². The average molecular weight is 229 g/mol. The molecule has 0 aromatic carbocycles. The predicted octanol–water partition coefficient (Wildman–Crippen LogP) is -1.35. The minimum atomic E-state index is -0.497. The van der Waals surface area contributed by atoms with Crippen LogP contribution in [0.5, 0.6) is 0 Å². The molecule has 6 heteroatoms. The molecular weight excluding hydrogens is 210 g/mol. The standard InChI is InChI=1S/C10H19N3O3/c1-8(14)13-6-5-12(4-3-11)7-9(13)10(15)16-2/h9H,3-7,11H2,1-2H3/t9-/m0/s1. The fourth-order valence-electron chi connectivity index (χ4n) is 1.94. The van der Waals surface area contributed by atoms with E-state index in [0.29, 0.717) is 19.6 Å². The molecule has 0 spiro atoms. The lowest BCUT2D eigenvalue weighted by Gasteiger charge is -2.39. The van der Waals surface area contributed by atoms with Crippen molar-refractivity contribution in [2.45, 2.75) is 13.0 Å². The van der Waals surface area contributed by atoms with Crippen molar-refractivity contribution in [2.24, 2.45) is 5.73 Å². The van der Waals surface area contributed by atoms with Gasteiger partial charge in [0.1, 0.15) is 6.04 Å². The van der Waals surface area contributed by atoms with Crippen molar-refractivity contribution < 1.29 is 14.3 Å². The summed E-state index contributed by atoms with van der Waals surface area (Å²) in [4.78, 5) is 26.6. The fourth-order valence-corrected chi connectivity index (χ4v) is 1.94. The fraction of sp³-hybridized carbons (Fsp3) is 0.800. The molecule has 1 amide bonds. The van der Waals surface area contributed by atoms with E-state index in [-0.39, 0.29) is 11.9 Å². The molecule has 0 radical (unpaired) electrons. The number of methoxy groups -OCH3 is 1. The third-order valence-electron chi connectivity index (χ3n) is 2.79. The van der Waals surface area contributed by atoms with E-state index in [1.54, 1.807) is 4.90 Å². The average Bonchev–Trinajstić information content (AvgIpc) is 2.28. The summed E-state index contributed by atoms with van der Waals surface area (Å²) in [6, 6.07) is -0.497. The Bertz CT molecular complexity index is 270. The SMILES string of the molecule is COC(=O)[C@@H]1CN(CCN)CCN1C(C)=O. The first kappa shape index (κ1) is 12.9. The molecule has 1 atom stereocenters. The van der Waals surface area contributed by atoms with E-state index < -0.39 is 6.04 Å².